The second-order valence-corrected chi connectivity index (χ2v) is 8.72. The molecule has 1 amide bonds. The molecular weight excluding hydrogens is 473 g/mol. The van der Waals surface area contributed by atoms with Gasteiger partial charge in [0.15, 0.2) is 0 Å². The Hall–Kier alpha value is -3.76. The summed E-state index contributed by atoms with van der Waals surface area (Å²) in [5.41, 5.74) is -3.39. The number of nitrogens with zero attached hydrogens (tertiary/aromatic N) is 2. The van der Waals surface area contributed by atoms with Gasteiger partial charge in [0.05, 0.1) is 22.7 Å². The van der Waals surface area contributed by atoms with Gasteiger partial charge in [-0.3, -0.25) is 9.48 Å². The van der Waals surface area contributed by atoms with E-state index in [0.29, 0.717) is 12.1 Å². The highest BCUT2D eigenvalue weighted by atomic mass is 19.4. The number of alkyl halides is 3. The van der Waals surface area contributed by atoms with Crippen LogP contribution in [0.4, 0.5) is 27.6 Å². The van der Waals surface area contributed by atoms with Crippen molar-refractivity contribution in [3.8, 4) is 11.1 Å². The molecule has 0 unspecified atom stereocenters. The van der Waals surface area contributed by atoms with Crippen LogP contribution in [0.2, 0.25) is 0 Å². The number of halogens is 5. The van der Waals surface area contributed by atoms with Gasteiger partial charge in [-0.15, -0.1) is 0 Å². The fraction of sp³-hybridized carbons (Fsp3) is 0.292. The smallest absolute Gasteiger partial charge is 0.416 e. The Morgan fingerprint density at radius 2 is 1.80 bits per heavy atom. The van der Waals surface area contributed by atoms with Crippen molar-refractivity contribution in [3.63, 3.8) is 0 Å². The SMILES string of the molecule is CC(C)n1cc(-c2c(F)cc(NC(=O)C3(c4ccc(C(F)(F)F)cc4F)CC3)cc2C(=O)O)cn1. The predicted molar refractivity (Wildman–Crippen MR) is 116 cm³/mol. The van der Waals surface area contributed by atoms with Crippen molar-refractivity contribution in [1.29, 1.82) is 0 Å². The van der Waals surface area contributed by atoms with E-state index in [2.05, 4.69) is 10.4 Å². The number of carbonyl (C=O) groups is 2. The van der Waals surface area contributed by atoms with E-state index in [-0.39, 0.29) is 41.3 Å². The molecule has 0 saturated heterocycles. The van der Waals surface area contributed by atoms with E-state index in [1.54, 1.807) is 0 Å². The van der Waals surface area contributed by atoms with Crippen LogP contribution in [0.25, 0.3) is 11.1 Å². The van der Waals surface area contributed by atoms with Crippen LogP contribution in [0.15, 0.2) is 42.7 Å². The standard InChI is InChI=1S/C24H20F5N3O3/c1-12(2)32-11-13(10-30-32)20-16(21(33)34)8-15(9-19(20)26)31-22(35)23(5-6-23)17-4-3-14(7-18(17)25)24(27,28)29/h3-4,7-12H,5-6H2,1-2H3,(H,31,35)(H,33,34). The number of amides is 1. The first-order valence-electron chi connectivity index (χ1n) is 10.6. The topological polar surface area (TPSA) is 84.2 Å². The molecule has 0 atom stereocenters. The molecule has 0 spiro atoms. The molecule has 0 radical (unpaired) electrons. The molecule has 2 aromatic carbocycles. The number of carbonyl (C=O) groups excluding carboxylic acids is 1. The van der Waals surface area contributed by atoms with Gasteiger partial charge in [0.2, 0.25) is 5.91 Å². The predicted octanol–water partition coefficient (Wildman–Crippen LogP) is 5.80. The van der Waals surface area contributed by atoms with E-state index in [1.807, 2.05) is 13.8 Å². The second-order valence-electron chi connectivity index (χ2n) is 8.72. The Kier molecular flexibility index (Phi) is 5.90. The van der Waals surface area contributed by atoms with Crippen LogP contribution >= 0.6 is 0 Å². The normalized spacial score (nSPS) is 14.7. The number of carboxylic acid groups (broad SMARTS) is 1. The summed E-state index contributed by atoms with van der Waals surface area (Å²) in [5.74, 6) is -4.31. The minimum atomic E-state index is -4.74. The highest BCUT2D eigenvalue weighted by Gasteiger charge is 2.53. The van der Waals surface area contributed by atoms with E-state index < -0.39 is 46.2 Å². The Morgan fingerprint density at radius 3 is 2.31 bits per heavy atom. The Balaban J connectivity index is 1.65. The van der Waals surface area contributed by atoms with Crippen molar-refractivity contribution in [1.82, 2.24) is 9.78 Å². The molecule has 6 nitrogen and oxygen atoms in total. The zero-order chi connectivity index (χ0) is 25.7. The van der Waals surface area contributed by atoms with Crippen LogP contribution < -0.4 is 5.32 Å². The number of nitrogens with one attached hydrogen (secondary N) is 1. The summed E-state index contributed by atoms with van der Waals surface area (Å²) in [7, 11) is 0. The third-order valence-electron chi connectivity index (χ3n) is 5.99. The maximum absolute atomic E-state index is 15.1. The highest BCUT2D eigenvalue weighted by molar-refractivity contribution is 6.03. The molecule has 3 aromatic rings. The third-order valence-corrected chi connectivity index (χ3v) is 5.99. The monoisotopic (exact) mass is 493 g/mol. The Morgan fingerprint density at radius 1 is 1.11 bits per heavy atom. The number of benzene rings is 2. The lowest BCUT2D eigenvalue weighted by Crippen LogP contribution is -2.29. The van der Waals surface area contributed by atoms with Gasteiger partial charge in [-0.1, -0.05) is 6.07 Å². The third kappa shape index (κ3) is 4.50. The van der Waals surface area contributed by atoms with Gasteiger partial charge < -0.3 is 10.4 Å². The van der Waals surface area contributed by atoms with Crippen LogP contribution in [0.1, 0.15) is 54.2 Å². The quantitative estimate of drug-likeness (QED) is 0.426. The number of hydrogen-bond acceptors (Lipinski definition) is 3. The van der Waals surface area contributed by atoms with E-state index in [1.165, 1.54) is 17.1 Å². The molecule has 2 N–H and O–H groups in total. The fourth-order valence-corrected chi connectivity index (χ4v) is 3.96. The van der Waals surface area contributed by atoms with Crippen molar-refractivity contribution in [2.45, 2.75) is 44.3 Å². The van der Waals surface area contributed by atoms with Crippen LogP contribution in [0, 0.1) is 11.6 Å². The number of aromatic carboxylic acids is 1. The van der Waals surface area contributed by atoms with Crippen LogP contribution in [-0.2, 0) is 16.4 Å². The summed E-state index contributed by atoms with van der Waals surface area (Å²) in [6, 6.07) is 3.91. The highest BCUT2D eigenvalue weighted by Crippen LogP contribution is 2.50. The molecule has 1 heterocycles. The summed E-state index contributed by atoms with van der Waals surface area (Å²) < 4.78 is 69.7. The van der Waals surface area contributed by atoms with Gasteiger partial charge in [0, 0.05) is 34.6 Å². The summed E-state index contributed by atoms with van der Waals surface area (Å²) in [5, 5.41) is 16.1. The van der Waals surface area contributed by atoms with Gasteiger partial charge >= 0.3 is 12.1 Å². The molecule has 184 valence electrons. The first-order valence-corrected chi connectivity index (χ1v) is 10.6. The van der Waals surface area contributed by atoms with E-state index >= 15 is 4.39 Å². The summed E-state index contributed by atoms with van der Waals surface area (Å²) in [4.78, 5) is 24.8. The molecule has 4 rings (SSSR count). The summed E-state index contributed by atoms with van der Waals surface area (Å²) in [6.07, 6.45) is -1.57. The van der Waals surface area contributed by atoms with Gasteiger partial charge in [-0.2, -0.15) is 18.3 Å². The number of aromatic nitrogens is 2. The van der Waals surface area contributed by atoms with Crippen molar-refractivity contribution in [2.24, 2.45) is 0 Å². The van der Waals surface area contributed by atoms with Crippen molar-refractivity contribution in [3.05, 3.63) is 71.1 Å². The molecule has 0 bridgehead atoms. The van der Waals surface area contributed by atoms with Crippen molar-refractivity contribution >= 4 is 17.6 Å². The number of carboxylic acids is 1. The minimum Gasteiger partial charge on any atom is -0.478 e. The first kappa shape index (κ1) is 24.4. The minimum absolute atomic E-state index is 0.0426. The van der Waals surface area contributed by atoms with E-state index in [4.69, 9.17) is 0 Å². The van der Waals surface area contributed by atoms with E-state index in [9.17, 15) is 32.3 Å². The molecule has 35 heavy (non-hydrogen) atoms. The van der Waals surface area contributed by atoms with Gasteiger partial charge in [0.1, 0.15) is 11.6 Å². The van der Waals surface area contributed by atoms with Crippen molar-refractivity contribution in [2.75, 3.05) is 5.32 Å². The first-order chi connectivity index (χ1) is 16.3. The zero-order valence-electron chi connectivity index (χ0n) is 18.6. The average molecular weight is 493 g/mol. The Bertz CT molecular complexity index is 1330. The maximum atomic E-state index is 15.1. The van der Waals surface area contributed by atoms with Crippen LogP contribution in [-0.4, -0.2) is 26.8 Å². The Labute approximate surface area is 196 Å². The number of anilines is 1. The molecule has 0 aliphatic heterocycles. The molecule has 1 aromatic heterocycles. The van der Waals surface area contributed by atoms with Crippen molar-refractivity contribution < 1.29 is 36.6 Å². The molecule has 11 heteroatoms. The zero-order valence-corrected chi connectivity index (χ0v) is 18.6. The van der Waals surface area contributed by atoms with Crippen LogP contribution in [0.3, 0.4) is 0 Å². The fourth-order valence-electron chi connectivity index (χ4n) is 3.96. The molecular formula is C24H20F5N3O3. The van der Waals surface area contributed by atoms with Gasteiger partial charge in [-0.25, -0.2) is 13.6 Å². The molecule has 1 aliphatic rings. The average Bonchev–Trinajstić information content (AvgIpc) is 3.42. The summed E-state index contributed by atoms with van der Waals surface area (Å²) >= 11 is 0. The van der Waals surface area contributed by atoms with Crippen LogP contribution in [0.5, 0.6) is 0 Å². The lowest BCUT2D eigenvalue weighted by Gasteiger charge is -2.18. The lowest BCUT2D eigenvalue weighted by atomic mass is 9.93. The largest absolute Gasteiger partial charge is 0.478 e. The number of rotatable bonds is 6. The summed E-state index contributed by atoms with van der Waals surface area (Å²) in [6.45, 7) is 3.69. The van der Waals surface area contributed by atoms with Gasteiger partial charge in [0.25, 0.3) is 0 Å². The maximum Gasteiger partial charge on any atom is 0.416 e. The lowest BCUT2D eigenvalue weighted by molar-refractivity contribution is -0.137. The number of hydrogen-bond donors (Lipinski definition) is 2. The second kappa shape index (κ2) is 8.47. The van der Waals surface area contributed by atoms with Gasteiger partial charge in [-0.05, 0) is 51.0 Å². The molecule has 1 saturated carbocycles. The molecule has 1 fully saturated rings. The van der Waals surface area contributed by atoms with E-state index in [0.717, 1.165) is 18.2 Å². The molecule has 1 aliphatic carbocycles.